The van der Waals surface area contributed by atoms with Crippen LogP contribution in [0.1, 0.15) is 37.3 Å². The van der Waals surface area contributed by atoms with E-state index in [-0.39, 0.29) is 24.0 Å². The fourth-order valence-corrected chi connectivity index (χ4v) is 2.95. The summed E-state index contributed by atoms with van der Waals surface area (Å²) < 4.78 is 1.98. The normalized spacial score (nSPS) is 23.0. The van der Waals surface area contributed by atoms with Gasteiger partial charge in [-0.2, -0.15) is 5.10 Å². The standard InChI is InChI=1S/C14H24N6O.HI/c1-10-17-12-5-4-11(8-20(12)19-10)18-13(15-2)16-9-14(21)6-3-7-14;/h11,21H,3-9H2,1-2H3,(H2,15,16,18);1H. The van der Waals surface area contributed by atoms with Crippen molar-refractivity contribution < 1.29 is 5.11 Å². The molecule has 124 valence electrons. The molecule has 8 heteroatoms. The first-order valence-corrected chi connectivity index (χ1v) is 7.68. The Kier molecular flexibility index (Phi) is 5.65. The molecule has 0 bridgehead atoms. The van der Waals surface area contributed by atoms with Gasteiger partial charge in [-0.05, 0) is 32.6 Å². The van der Waals surface area contributed by atoms with Crippen LogP contribution >= 0.6 is 24.0 Å². The van der Waals surface area contributed by atoms with Crippen LogP contribution in [-0.4, -0.2) is 51.1 Å². The molecule has 1 aromatic rings. The van der Waals surface area contributed by atoms with Crippen molar-refractivity contribution in [1.82, 2.24) is 25.4 Å². The summed E-state index contributed by atoms with van der Waals surface area (Å²) in [5.74, 6) is 2.65. The molecular weight excluding hydrogens is 395 g/mol. The summed E-state index contributed by atoms with van der Waals surface area (Å²) in [7, 11) is 1.76. The first kappa shape index (κ1) is 17.5. The molecule has 1 saturated carbocycles. The van der Waals surface area contributed by atoms with E-state index in [1.54, 1.807) is 7.05 Å². The molecule has 3 N–H and O–H groups in total. The van der Waals surface area contributed by atoms with Crippen molar-refractivity contribution in [3.05, 3.63) is 11.6 Å². The van der Waals surface area contributed by atoms with Crippen LogP contribution in [0.5, 0.6) is 0 Å². The van der Waals surface area contributed by atoms with Gasteiger partial charge < -0.3 is 15.7 Å². The zero-order chi connectivity index (χ0) is 14.9. The fraction of sp³-hybridized carbons (Fsp3) is 0.786. The van der Waals surface area contributed by atoms with Gasteiger partial charge in [0.1, 0.15) is 11.6 Å². The Morgan fingerprint density at radius 3 is 2.91 bits per heavy atom. The maximum atomic E-state index is 10.1. The number of fused-ring (bicyclic) bond motifs is 1. The van der Waals surface area contributed by atoms with E-state index >= 15 is 0 Å². The van der Waals surface area contributed by atoms with Crippen LogP contribution in [0.4, 0.5) is 0 Å². The maximum Gasteiger partial charge on any atom is 0.191 e. The van der Waals surface area contributed by atoms with Crippen molar-refractivity contribution in [3.8, 4) is 0 Å². The highest BCUT2D eigenvalue weighted by Gasteiger charge is 2.34. The Bertz CT molecular complexity index is 539. The Morgan fingerprint density at radius 1 is 1.50 bits per heavy atom. The summed E-state index contributed by atoms with van der Waals surface area (Å²) in [6.07, 6.45) is 4.81. The van der Waals surface area contributed by atoms with E-state index in [9.17, 15) is 5.11 Å². The fourth-order valence-electron chi connectivity index (χ4n) is 2.95. The maximum absolute atomic E-state index is 10.1. The lowest BCUT2D eigenvalue weighted by Crippen LogP contribution is -2.53. The van der Waals surface area contributed by atoms with Gasteiger partial charge >= 0.3 is 0 Å². The minimum Gasteiger partial charge on any atom is -0.388 e. The molecular formula is C14H25IN6O. The van der Waals surface area contributed by atoms with Crippen molar-refractivity contribution in [2.45, 2.75) is 57.2 Å². The number of halogens is 1. The number of hydrogen-bond donors (Lipinski definition) is 3. The lowest BCUT2D eigenvalue weighted by Gasteiger charge is -2.37. The third-order valence-electron chi connectivity index (χ3n) is 4.40. The molecule has 2 aliphatic rings. The third-order valence-corrected chi connectivity index (χ3v) is 4.40. The summed E-state index contributed by atoms with van der Waals surface area (Å²) >= 11 is 0. The molecule has 1 aromatic heterocycles. The van der Waals surface area contributed by atoms with Gasteiger partial charge in [-0.1, -0.05) is 0 Å². The lowest BCUT2D eigenvalue weighted by atomic mass is 9.80. The monoisotopic (exact) mass is 420 g/mol. The molecule has 0 amide bonds. The lowest BCUT2D eigenvalue weighted by molar-refractivity contribution is -0.0279. The SMILES string of the molecule is CN=C(NCC1(O)CCC1)NC1CCc2nc(C)nn2C1.I. The van der Waals surface area contributed by atoms with Crippen LogP contribution in [-0.2, 0) is 13.0 Å². The van der Waals surface area contributed by atoms with Crippen LogP contribution in [0.25, 0.3) is 0 Å². The molecule has 7 nitrogen and oxygen atoms in total. The zero-order valence-corrected chi connectivity index (χ0v) is 15.5. The number of aryl methyl sites for hydroxylation is 2. The van der Waals surface area contributed by atoms with Crippen LogP contribution in [0.15, 0.2) is 4.99 Å². The molecule has 1 fully saturated rings. The highest BCUT2D eigenvalue weighted by molar-refractivity contribution is 14.0. The number of nitrogens with one attached hydrogen (secondary N) is 2. The number of guanidine groups is 1. The van der Waals surface area contributed by atoms with Gasteiger partial charge in [0, 0.05) is 26.1 Å². The van der Waals surface area contributed by atoms with Gasteiger partial charge in [-0.3, -0.25) is 4.99 Å². The molecule has 0 radical (unpaired) electrons. The third kappa shape index (κ3) is 3.89. The molecule has 1 atom stereocenters. The summed E-state index contributed by atoms with van der Waals surface area (Å²) in [5, 5.41) is 21.2. The number of nitrogens with zero attached hydrogens (tertiary/aromatic N) is 4. The van der Waals surface area contributed by atoms with Gasteiger partial charge in [0.2, 0.25) is 0 Å². The van der Waals surface area contributed by atoms with Crippen molar-refractivity contribution >= 4 is 29.9 Å². The van der Waals surface area contributed by atoms with Gasteiger partial charge in [0.15, 0.2) is 5.96 Å². The largest absolute Gasteiger partial charge is 0.388 e. The van der Waals surface area contributed by atoms with Crippen LogP contribution in [0.2, 0.25) is 0 Å². The van der Waals surface area contributed by atoms with E-state index in [4.69, 9.17) is 0 Å². The Hall–Kier alpha value is -0.900. The number of aliphatic hydroxyl groups is 1. The topological polar surface area (TPSA) is 87.4 Å². The second kappa shape index (κ2) is 7.12. The predicted molar refractivity (Wildman–Crippen MR) is 95.6 cm³/mol. The number of aliphatic imine (C=N–C) groups is 1. The van der Waals surface area contributed by atoms with Crippen molar-refractivity contribution in [2.75, 3.05) is 13.6 Å². The van der Waals surface area contributed by atoms with E-state index in [0.29, 0.717) is 12.6 Å². The summed E-state index contributed by atoms with van der Waals surface area (Å²) in [4.78, 5) is 8.66. The second-order valence-corrected chi connectivity index (χ2v) is 6.14. The molecule has 1 unspecified atom stereocenters. The highest BCUT2D eigenvalue weighted by Crippen LogP contribution is 2.30. The van der Waals surface area contributed by atoms with Crippen LogP contribution < -0.4 is 10.6 Å². The average Bonchev–Trinajstić information content (AvgIpc) is 2.80. The summed E-state index contributed by atoms with van der Waals surface area (Å²) in [6.45, 7) is 3.29. The van der Waals surface area contributed by atoms with Gasteiger partial charge in [0.25, 0.3) is 0 Å². The molecule has 22 heavy (non-hydrogen) atoms. The molecule has 0 spiro atoms. The summed E-state index contributed by atoms with van der Waals surface area (Å²) in [6, 6.07) is 0.292. The van der Waals surface area contributed by atoms with Crippen molar-refractivity contribution in [2.24, 2.45) is 4.99 Å². The number of hydrogen-bond acceptors (Lipinski definition) is 4. The number of rotatable bonds is 3. The molecule has 2 heterocycles. The minimum atomic E-state index is -0.541. The van der Waals surface area contributed by atoms with E-state index < -0.39 is 5.60 Å². The quantitative estimate of drug-likeness (QED) is 0.379. The van der Waals surface area contributed by atoms with Gasteiger partial charge in [-0.25, -0.2) is 9.67 Å². The van der Waals surface area contributed by atoms with E-state index in [2.05, 4.69) is 25.7 Å². The van der Waals surface area contributed by atoms with E-state index in [0.717, 1.165) is 56.3 Å². The predicted octanol–water partition coefficient (Wildman–Crippen LogP) is 0.599. The molecule has 0 saturated heterocycles. The summed E-state index contributed by atoms with van der Waals surface area (Å²) in [5.41, 5.74) is -0.541. The Labute approximate surface area is 148 Å². The van der Waals surface area contributed by atoms with E-state index in [1.807, 2.05) is 11.6 Å². The molecule has 3 rings (SSSR count). The Balaban J connectivity index is 0.00000176. The van der Waals surface area contributed by atoms with E-state index in [1.165, 1.54) is 0 Å². The molecule has 1 aliphatic carbocycles. The number of aromatic nitrogens is 3. The van der Waals surface area contributed by atoms with Crippen LogP contribution in [0, 0.1) is 6.92 Å². The van der Waals surface area contributed by atoms with Gasteiger partial charge in [0.05, 0.1) is 12.1 Å². The van der Waals surface area contributed by atoms with Gasteiger partial charge in [-0.15, -0.1) is 24.0 Å². The first-order valence-electron chi connectivity index (χ1n) is 7.68. The van der Waals surface area contributed by atoms with Crippen LogP contribution in [0.3, 0.4) is 0 Å². The molecule has 1 aliphatic heterocycles. The average molecular weight is 420 g/mol. The smallest absolute Gasteiger partial charge is 0.191 e. The first-order chi connectivity index (χ1) is 10.1. The van der Waals surface area contributed by atoms with Crippen molar-refractivity contribution in [3.63, 3.8) is 0 Å². The van der Waals surface area contributed by atoms with Crippen molar-refractivity contribution in [1.29, 1.82) is 0 Å². The molecule has 0 aromatic carbocycles. The zero-order valence-electron chi connectivity index (χ0n) is 13.2. The highest BCUT2D eigenvalue weighted by atomic mass is 127. The minimum absolute atomic E-state index is 0. The second-order valence-electron chi connectivity index (χ2n) is 6.14. The Morgan fingerprint density at radius 2 is 2.27 bits per heavy atom.